The Kier molecular flexibility index (Phi) is 5.02. The molecule has 0 heterocycles. The highest BCUT2D eigenvalue weighted by atomic mass is 35.5. The fraction of sp³-hybridized carbons (Fsp3) is 0.625. The van der Waals surface area contributed by atoms with Gasteiger partial charge in [0.15, 0.2) is 0 Å². The predicted octanol–water partition coefficient (Wildman–Crippen LogP) is 4.84. The summed E-state index contributed by atoms with van der Waals surface area (Å²) < 4.78 is 13.5. The van der Waals surface area contributed by atoms with Crippen molar-refractivity contribution in [2.24, 2.45) is 0 Å². The zero-order chi connectivity index (χ0) is 14.8. The summed E-state index contributed by atoms with van der Waals surface area (Å²) in [6, 6.07) is 3.29. The molecule has 0 radical (unpaired) electrons. The zero-order valence-electron chi connectivity index (χ0n) is 12.8. The fourth-order valence-electron chi connectivity index (χ4n) is 2.06. The van der Waals surface area contributed by atoms with E-state index < -0.39 is 0 Å². The molecule has 1 aromatic carbocycles. The molecule has 1 N–H and O–H groups in total. The van der Waals surface area contributed by atoms with Gasteiger partial charge in [-0.25, -0.2) is 4.39 Å². The molecule has 108 valence electrons. The van der Waals surface area contributed by atoms with Crippen LogP contribution in [0.1, 0.15) is 52.2 Å². The molecule has 1 aromatic rings. The molecule has 0 aliphatic heterocycles. The molecule has 0 aliphatic rings. The van der Waals surface area contributed by atoms with E-state index in [2.05, 4.69) is 39.9 Å². The second-order valence-corrected chi connectivity index (χ2v) is 7.30. The molecule has 0 amide bonds. The third-order valence-corrected chi connectivity index (χ3v) is 3.70. The number of rotatable bonds is 4. The molecule has 0 fully saturated rings. The van der Waals surface area contributed by atoms with E-state index in [-0.39, 0.29) is 16.8 Å². The highest BCUT2D eigenvalue weighted by molar-refractivity contribution is 6.31. The van der Waals surface area contributed by atoms with Gasteiger partial charge in [-0.3, -0.25) is 0 Å². The number of aryl methyl sites for hydroxylation is 1. The van der Waals surface area contributed by atoms with Crippen molar-refractivity contribution in [1.29, 1.82) is 0 Å². The maximum absolute atomic E-state index is 13.5. The van der Waals surface area contributed by atoms with E-state index in [1.807, 2.05) is 6.07 Å². The highest BCUT2D eigenvalue weighted by Gasteiger charge is 2.24. The number of hydrogen-bond acceptors (Lipinski definition) is 1. The van der Waals surface area contributed by atoms with Crippen molar-refractivity contribution in [3.8, 4) is 0 Å². The lowest BCUT2D eigenvalue weighted by Gasteiger charge is -2.29. The van der Waals surface area contributed by atoms with Crippen LogP contribution in [0.15, 0.2) is 12.1 Å². The second kappa shape index (κ2) is 5.80. The summed E-state index contributed by atoms with van der Waals surface area (Å²) in [6.07, 6.45) is 0.953. The predicted molar refractivity (Wildman–Crippen MR) is 81.5 cm³/mol. The molecule has 0 saturated carbocycles. The summed E-state index contributed by atoms with van der Waals surface area (Å²) in [5.41, 5.74) is 1.70. The molecule has 0 saturated heterocycles. The van der Waals surface area contributed by atoms with Gasteiger partial charge in [-0.1, -0.05) is 31.5 Å². The maximum Gasteiger partial charge on any atom is 0.127 e. The first-order valence-corrected chi connectivity index (χ1v) is 7.12. The van der Waals surface area contributed by atoms with E-state index in [0.29, 0.717) is 10.6 Å². The highest BCUT2D eigenvalue weighted by Crippen LogP contribution is 2.34. The van der Waals surface area contributed by atoms with E-state index in [4.69, 9.17) is 11.6 Å². The molecule has 1 rings (SSSR count). The van der Waals surface area contributed by atoms with Gasteiger partial charge >= 0.3 is 0 Å². The Balaban J connectivity index is 2.85. The van der Waals surface area contributed by atoms with Crippen LogP contribution in [0.2, 0.25) is 5.02 Å². The van der Waals surface area contributed by atoms with E-state index in [9.17, 15) is 4.39 Å². The summed E-state index contributed by atoms with van der Waals surface area (Å²) >= 11 is 6.19. The maximum atomic E-state index is 13.5. The van der Waals surface area contributed by atoms with Crippen LogP contribution in [-0.4, -0.2) is 12.1 Å². The molecule has 0 aromatic heterocycles. The number of benzene rings is 1. The van der Waals surface area contributed by atoms with Gasteiger partial charge in [0, 0.05) is 10.6 Å². The lowest BCUT2D eigenvalue weighted by Crippen LogP contribution is -2.38. The average molecular weight is 286 g/mol. The van der Waals surface area contributed by atoms with Gasteiger partial charge in [0.05, 0.1) is 0 Å². The van der Waals surface area contributed by atoms with Gasteiger partial charge in [-0.15, -0.1) is 0 Å². The topological polar surface area (TPSA) is 12.0 Å². The Bertz CT molecular complexity index is 447. The minimum atomic E-state index is -0.239. The van der Waals surface area contributed by atoms with Crippen molar-refractivity contribution in [3.63, 3.8) is 0 Å². The number of halogens is 2. The summed E-state index contributed by atoms with van der Waals surface area (Å²) in [5, 5.41) is 3.99. The van der Waals surface area contributed by atoms with Gasteiger partial charge in [0.1, 0.15) is 5.82 Å². The Morgan fingerprint density at radius 3 is 2.26 bits per heavy atom. The third kappa shape index (κ3) is 4.77. The molecule has 3 heteroatoms. The van der Waals surface area contributed by atoms with Crippen LogP contribution in [0, 0.1) is 12.7 Å². The van der Waals surface area contributed by atoms with Crippen molar-refractivity contribution >= 4 is 11.6 Å². The second-order valence-electron chi connectivity index (χ2n) is 6.89. The van der Waals surface area contributed by atoms with Crippen molar-refractivity contribution in [3.05, 3.63) is 34.1 Å². The van der Waals surface area contributed by atoms with Crippen LogP contribution >= 0.6 is 11.6 Å². The van der Waals surface area contributed by atoms with Crippen LogP contribution in [-0.2, 0) is 5.41 Å². The van der Waals surface area contributed by atoms with Crippen LogP contribution in [0.25, 0.3) is 0 Å². The molecular formula is C16H25ClFN. The zero-order valence-corrected chi connectivity index (χ0v) is 13.6. The fourth-order valence-corrected chi connectivity index (χ4v) is 2.47. The van der Waals surface area contributed by atoms with Gasteiger partial charge in [-0.05, 0) is 63.3 Å². The minimum Gasteiger partial charge on any atom is -0.312 e. The summed E-state index contributed by atoms with van der Waals surface area (Å²) in [4.78, 5) is 0. The van der Waals surface area contributed by atoms with E-state index >= 15 is 0 Å². The van der Waals surface area contributed by atoms with Crippen molar-refractivity contribution in [2.75, 3.05) is 6.54 Å². The molecule has 1 nitrogen and oxygen atoms in total. The summed E-state index contributed by atoms with van der Waals surface area (Å²) in [5.74, 6) is -0.239. The normalized spacial score (nSPS) is 12.8. The minimum absolute atomic E-state index is 0.0756. The Morgan fingerprint density at radius 2 is 1.74 bits per heavy atom. The molecular weight excluding hydrogens is 261 g/mol. The molecule has 0 aliphatic carbocycles. The van der Waals surface area contributed by atoms with Crippen LogP contribution in [0.5, 0.6) is 0 Å². The Hall–Kier alpha value is -0.600. The van der Waals surface area contributed by atoms with Crippen LogP contribution in [0.4, 0.5) is 4.39 Å². The van der Waals surface area contributed by atoms with E-state index in [1.165, 1.54) is 6.07 Å². The largest absolute Gasteiger partial charge is 0.312 e. The number of nitrogens with one attached hydrogen (secondary N) is 1. The van der Waals surface area contributed by atoms with Gasteiger partial charge < -0.3 is 5.32 Å². The molecule has 0 unspecified atom stereocenters. The molecule has 19 heavy (non-hydrogen) atoms. The van der Waals surface area contributed by atoms with Crippen LogP contribution in [0.3, 0.4) is 0 Å². The first-order valence-electron chi connectivity index (χ1n) is 6.74. The SMILES string of the molecule is Cc1cc(C(C)(C)CCNC(C)(C)C)c(Cl)cc1F. The summed E-state index contributed by atoms with van der Waals surface area (Å²) in [6.45, 7) is 13.4. The Labute approximate surface area is 121 Å². The van der Waals surface area contributed by atoms with Crippen LogP contribution < -0.4 is 5.32 Å². The Morgan fingerprint density at radius 1 is 1.16 bits per heavy atom. The standard InChI is InChI=1S/C16H25ClFN/c1-11-9-12(13(17)10-14(11)18)16(5,6)7-8-19-15(2,3)4/h9-10,19H,7-8H2,1-6H3. The number of hydrogen-bond donors (Lipinski definition) is 1. The first-order chi connectivity index (χ1) is 8.53. The van der Waals surface area contributed by atoms with Crippen molar-refractivity contribution in [2.45, 2.75) is 58.9 Å². The van der Waals surface area contributed by atoms with Crippen molar-refractivity contribution in [1.82, 2.24) is 5.32 Å². The van der Waals surface area contributed by atoms with E-state index in [0.717, 1.165) is 18.5 Å². The van der Waals surface area contributed by atoms with E-state index in [1.54, 1.807) is 6.92 Å². The monoisotopic (exact) mass is 285 g/mol. The molecule has 0 bridgehead atoms. The van der Waals surface area contributed by atoms with Gasteiger partial charge in [0.25, 0.3) is 0 Å². The lowest BCUT2D eigenvalue weighted by molar-refractivity contribution is 0.379. The van der Waals surface area contributed by atoms with Crippen molar-refractivity contribution < 1.29 is 4.39 Å². The molecule has 0 atom stereocenters. The smallest absolute Gasteiger partial charge is 0.127 e. The van der Waals surface area contributed by atoms with Gasteiger partial charge in [-0.2, -0.15) is 0 Å². The first kappa shape index (κ1) is 16.5. The average Bonchev–Trinajstić information content (AvgIpc) is 2.20. The summed E-state index contributed by atoms with van der Waals surface area (Å²) in [7, 11) is 0. The third-order valence-electron chi connectivity index (χ3n) is 3.38. The lowest BCUT2D eigenvalue weighted by atomic mass is 9.80. The quantitative estimate of drug-likeness (QED) is 0.834. The van der Waals surface area contributed by atoms with Gasteiger partial charge in [0.2, 0.25) is 0 Å². The molecule has 0 spiro atoms.